The number of aliphatic hydroxyl groups excluding tert-OH is 1. The summed E-state index contributed by atoms with van der Waals surface area (Å²) >= 11 is 0. The van der Waals surface area contributed by atoms with E-state index in [2.05, 4.69) is 4.98 Å². The van der Waals surface area contributed by atoms with Gasteiger partial charge in [-0.05, 0) is 32.6 Å². The number of ether oxygens (including phenoxy) is 1. The Balaban J connectivity index is 2.41. The first-order chi connectivity index (χ1) is 9.83. The number of aryl methyl sites for hydroxylation is 1. The Morgan fingerprint density at radius 3 is 2.81 bits per heavy atom. The van der Waals surface area contributed by atoms with E-state index in [1.807, 2.05) is 0 Å². The Labute approximate surface area is 121 Å². The molecule has 0 spiro atoms. The molecule has 116 valence electrons. The summed E-state index contributed by atoms with van der Waals surface area (Å²) in [5, 5.41) is 9.53. The number of hydrogen-bond acceptors (Lipinski definition) is 5. The van der Waals surface area contributed by atoms with Gasteiger partial charge in [-0.3, -0.25) is 19.1 Å². The van der Waals surface area contributed by atoms with E-state index in [9.17, 15) is 19.5 Å². The summed E-state index contributed by atoms with van der Waals surface area (Å²) in [7, 11) is 1.31. The SMILES string of the molecule is COC(=O)[C@]1(C)CC(n2cc(C)c(=O)[nH]c2=O)CC1CO. The molecular formula is C14H20N2O5. The number of aromatic amines is 1. The van der Waals surface area contributed by atoms with Gasteiger partial charge in [0.1, 0.15) is 0 Å². The molecular weight excluding hydrogens is 276 g/mol. The molecule has 0 bridgehead atoms. The monoisotopic (exact) mass is 296 g/mol. The zero-order chi connectivity index (χ0) is 15.8. The fraction of sp³-hybridized carbons (Fsp3) is 0.643. The van der Waals surface area contributed by atoms with Gasteiger partial charge in [0.05, 0.1) is 12.5 Å². The van der Waals surface area contributed by atoms with Gasteiger partial charge in [0.2, 0.25) is 0 Å². The van der Waals surface area contributed by atoms with Crippen molar-refractivity contribution in [1.82, 2.24) is 9.55 Å². The number of H-pyrrole nitrogens is 1. The maximum Gasteiger partial charge on any atom is 0.328 e. The van der Waals surface area contributed by atoms with Crippen LogP contribution >= 0.6 is 0 Å². The van der Waals surface area contributed by atoms with E-state index in [1.165, 1.54) is 17.9 Å². The maximum atomic E-state index is 12.0. The van der Waals surface area contributed by atoms with Gasteiger partial charge in [0, 0.05) is 24.4 Å². The molecule has 7 nitrogen and oxygen atoms in total. The number of methoxy groups -OCH3 is 1. The number of hydrogen-bond donors (Lipinski definition) is 2. The van der Waals surface area contributed by atoms with Gasteiger partial charge in [-0.1, -0.05) is 0 Å². The summed E-state index contributed by atoms with van der Waals surface area (Å²) in [5.74, 6) is -0.674. The molecule has 1 fully saturated rings. The molecule has 1 aromatic heterocycles. The third-order valence-corrected chi connectivity index (χ3v) is 4.53. The summed E-state index contributed by atoms with van der Waals surface area (Å²) in [4.78, 5) is 37.6. The summed E-state index contributed by atoms with van der Waals surface area (Å²) in [6.45, 7) is 3.20. The second-order valence-electron chi connectivity index (χ2n) is 5.86. The molecule has 21 heavy (non-hydrogen) atoms. The van der Waals surface area contributed by atoms with Crippen molar-refractivity contribution < 1.29 is 14.6 Å². The highest BCUT2D eigenvalue weighted by Gasteiger charge is 2.50. The normalized spacial score (nSPS) is 28.6. The standard InChI is InChI=1S/C14H20N2O5/c1-8-6-16(13(20)15-11(8)18)10-4-9(7-17)14(2,5-10)12(19)21-3/h6,9-10,17H,4-5,7H2,1-3H3,(H,15,18,20)/t9?,10?,14-/m1/s1. The zero-order valence-electron chi connectivity index (χ0n) is 12.4. The van der Waals surface area contributed by atoms with E-state index in [4.69, 9.17) is 4.74 Å². The summed E-state index contributed by atoms with van der Waals surface area (Å²) < 4.78 is 6.27. The minimum atomic E-state index is -0.836. The average Bonchev–Trinajstić information content (AvgIpc) is 2.80. The Morgan fingerprint density at radius 2 is 2.24 bits per heavy atom. The van der Waals surface area contributed by atoms with E-state index >= 15 is 0 Å². The third-order valence-electron chi connectivity index (χ3n) is 4.53. The number of nitrogens with one attached hydrogen (secondary N) is 1. The van der Waals surface area contributed by atoms with Crippen LogP contribution in [0.3, 0.4) is 0 Å². The highest BCUT2D eigenvalue weighted by atomic mass is 16.5. The van der Waals surface area contributed by atoms with Gasteiger partial charge >= 0.3 is 11.7 Å². The van der Waals surface area contributed by atoms with Crippen LogP contribution in [0.15, 0.2) is 15.8 Å². The molecule has 0 radical (unpaired) electrons. The Morgan fingerprint density at radius 1 is 1.57 bits per heavy atom. The van der Waals surface area contributed by atoms with E-state index in [-0.39, 0.29) is 18.6 Å². The first kappa shape index (κ1) is 15.5. The van der Waals surface area contributed by atoms with Gasteiger partial charge < -0.3 is 9.84 Å². The second-order valence-corrected chi connectivity index (χ2v) is 5.86. The molecule has 1 aliphatic carbocycles. The van der Waals surface area contributed by atoms with Crippen LogP contribution in [-0.4, -0.2) is 34.3 Å². The first-order valence-corrected chi connectivity index (χ1v) is 6.84. The predicted molar refractivity (Wildman–Crippen MR) is 75.0 cm³/mol. The maximum absolute atomic E-state index is 12.0. The van der Waals surface area contributed by atoms with Crippen LogP contribution in [0.1, 0.15) is 31.4 Å². The topological polar surface area (TPSA) is 101 Å². The fourth-order valence-electron chi connectivity index (χ4n) is 3.16. The minimum Gasteiger partial charge on any atom is -0.469 e. The lowest BCUT2D eigenvalue weighted by Gasteiger charge is -2.26. The lowest BCUT2D eigenvalue weighted by Crippen LogP contribution is -2.35. The van der Waals surface area contributed by atoms with Crippen LogP contribution in [0, 0.1) is 18.3 Å². The second kappa shape index (κ2) is 5.48. The zero-order valence-corrected chi connectivity index (χ0v) is 12.4. The van der Waals surface area contributed by atoms with Crippen LogP contribution < -0.4 is 11.2 Å². The largest absolute Gasteiger partial charge is 0.469 e. The third kappa shape index (κ3) is 2.53. The lowest BCUT2D eigenvalue weighted by atomic mass is 9.80. The van der Waals surface area contributed by atoms with E-state index in [0.717, 1.165) is 0 Å². The molecule has 1 heterocycles. The predicted octanol–water partition coefficient (Wildman–Crippen LogP) is -0.0323. The molecule has 0 aliphatic heterocycles. The molecule has 1 aromatic rings. The molecule has 0 aromatic carbocycles. The molecule has 7 heteroatoms. The van der Waals surface area contributed by atoms with E-state index in [0.29, 0.717) is 18.4 Å². The smallest absolute Gasteiger partial charge is 0.328 e. The van der Waals surface area contributed by atoms with E-state index in [1.54, 1.807) is 13.8 Å². The van der Waals surface area contributed by atoms with Crippen molar-refractivity contribution in [2.75, 3.05) is 13.7 Å². The Bertz CT molecular complexity index is 662. The fourth-order valence-corrected chi connectivity index (χ4v) is 3.16. The van der Waals surface area contributed by atoms with Crippen molar-refractivity contribution in [2.24, 2.45) is 11.3 Å². The van der Waals surface area contributed by atoms with Crippen molar-refractivity contribution in [3.05, 3.63) is 32.6 Å². The van der Waals surface area contributed by atoms with Crippen molar-refractivity contribution in [3.63, 3.8) is 0 Å². The molecule has 1 saturated carbocycles. The first-order valence-electron chi connectivity index (χ1n) is 6.84. The molecule has 2 rings (SSSR count). The summed E-state index contributed by atoms with van der Waals surface area (Å²) in [5.41, 5.74) is -1.32. The molecule has 0 amide bonds. The van der Waals surface area contributed by atoms with Gasteiger partial charge in [0.25, 0.3) is 5.56 Å². The minimum absolute atomic E-state index is 0.154. The molecule has 2 N–H and O–H groups in total. The van der Waals surface area contributed by atoms with Gasteiger partial charge in [-0.25, -0.2) is 4.79 Å². The van der Waals surface area contributed by atoms with Gasteiger partial charge in [0.15, 0.2) is 0 Å². The van der Waals surface area contributed by atoms with Crippen LogP contribution in [-0.2, 0) is 9.53 Å². The molecule has 0 saturated heterocycles. The number of aromatic nitrogens is 2. The molecule has 2 unspecified atom stereocenters. The van der Waals surface area contributed by atoms with Crippen LogP contribution in [0.25, 0.3) is 0 Å². The highest BCUT2D eigenvalue weighted by Crippen LogP contribution is 2.48. The number of esters is 1. The number of carbonyl (C=O) groups excluding carboxylic acids is 1. The quantitative estimate of drug-likeness (QED) is 0.763. The van der Waals surface area contributed by atoms with Crippen molar-refractivity contribution in [1.29, 1.82) is 0 Å². The van der Waals surface area contributed by atoms with Crippen LogP contribution in [0.2, 0.25) is 0 Å². The van der Waals surface area contributed by atoms with Crippen molar-refractivity contribution >= 4 is 5.97 Å². The number of nitrogens with zero attached hydrogens (tertiary/aromatic N) is 1. The lowest BCUT2D eigenvalue weighted by molar-refractivity contribution is -0.154. The van der Waals surface area contributed by atoms with Gasteiger partial charge in [-0.15, -0.1) is 0 Å². The van der Waals surface area contributed by atoms with Gasteiger partial charge in [-0.2, -0.15) is 0 Å². The summed E-state index contributed by atoms with van der Waals surface area (Å²) in [6, 6.07) is -0.255. The number of rotatable bonds is 3. The van der Waals surface area contributed by atoms with Crippen molar-refractivity contribution in [2.45, 2.75) is 32.7 Å². The highest BCUT2D eigenvalue weighted by molar-refractivity contribution is 5.77. The van der Waals surface area contributed by atoms with Crippen molar-refractivity contribution in [3.8, 4) is 0 Å². The van der Waals surface area contributed by atoms with E-state index < -0.39 is 22.6 Å². The number of aliphatic hydroxyl groups is 1. The van der Waals surface area contributed by atoms with Crippen LogP contribution in [0.5, 0.6) is 0 Å². The van der Waals surface area contributed by atoms with Crippen LogP contribution in [0.4, 0.5) is 0 Å². The summed E-state index contributed by atoms with van der Waals surface area (Å²) in [6.07, 6.45) is 2.37. The molecule has 1 aliphatic rings. The Kier molecular flexibility index (Phi) is 4.04. The molecule has 3 atom stereocenters. The average molecular weight is 296 g/mol. The Hall–Kier alpha value is -1.89. The number of carbonyl (C=O) groups is 1.